The number of hydrogen-bond donors (Lipinski definition) is 0. The molecule has 4 nitrogen and oxygen atoms in total. The zero-order valence-corrected chi connectivity index (χ0v) is 13.7. The minimum atomic E-state index is -1.25. The number of carbonyl (C=O) groups excluding carboxylic acids is 3. The average Bonchev–Trinajstić information content (AvgIpc) is 2.70. The van der Waals surface area contributed by atoms with Gasteiger partial charge >= 0.3 is 5.97 Å². The molecule has 0 saturated carbocycles. The van der Waals surface area contributed by atoms with Crippen LogP contribution in [0.5, 0.6) is 0 Å². The molecule has 0 saturated heterocycles. The number of rotatable bonds is 5. The van der Waals surface area contributed by atoms with Gasteiger partial charge in [0.25, 0.3) is 0 Å². The van der Waals surface area contributed by atoms with E-state index < -0.39 is 11.4 Å². The van der Waals surface area contributed by atoms with Gasteiger partial charge in [-0.3, -0.25) is 9.59 Å². The maximum atomic E-state index is 12.7. The molecule has 0 fully saturated rings. The third kappa shape index (κ3) is 2.93. The standard InChI is InChI=1S/C16H17BrO4/c1-3-21-15(20)16(7-6-10(2)18)9-11-8-12(17)4-5-13(11)14(16)19/h4-5,8H,3,6-7,9H2,1-2H3. The number of ether oxygens (including phenoxy) is 1. The molecule has 5 heteroatoms. The van der Waals surface area contributed by atoms with Crippen molar-refractivity contribution in [3.05, 3.63) is 33.8 Å². The molecule has 1 aliphatic rings. The lowest BCUT2D eigenvalue weighted by Gasteiger charge is -2.24. The molecule has 0 aliphatic heterocycles. The second-order valence-electron chi connectivity index (χ2n) is 5.31. The first-order chi connectivity index (χ1) is 9.90. The highest BCUT2D eigenvalue weighted by molar-refractivity contribution is 9.10. The van der Waals surface area contributed by atoms with Crippen molar-refractivity contribution in [3.63, 3.8) is 0 Å². The zero-order valence-electron chi connectivity index (χ0n) is 12.1. The number of esters is 1. The van der Waals surface area contributed by atoms with Crippen LogP contribution < -0.4 is 0 Å². The van der Waals surface area contributed by atoms with Crippen LogP contribution in [0.4, 0.5) is 0 Å². The Hall–Kier alpha value is -1.49. The molecular weight excluding hydrogens is 336 g/mol. The van der Waals surface area contributed by atoms with Gasteiger partial charge < -0.3 is 9.53 Å². The number of hydrogen-bond acceptors (Lipinski definition) is 4. The van der Waals surface area contributed by atoms with Crippen molar-refractivity contribution in [2.45, 2.75) is 33.1 Å². The number of benzene rings is 1. The van der Waals surface area contributed by atoms with Crippen LogP contribution in [0.25, 0.3) is 0 Å². The van der Waals surface area contributed by atoms with Gasteiger partial charge in [-0.2, -0.15) is 0 Å². The predicted octanol–water partition coefficient (Wildman–Crippen LogP) is 3.11. The minimum Gasteiger partial charge on any atom is -0.465 e. The summed E-state index contributed by atoms with van der Waals surface area (Å²) < 4.78 is 5.97. The molecule has 1 aromatic rings. The maximum absolute atomic E-state index is 12.7. The SMILES string of the molecule is CCOC(=O)C1(CCC(C)=O)Cc2cc(Br)ccc2C1=O. The molecular formula is C16H17BrO4. The summed E-state index contributed by atoms with van der Waals surface area (Å²) in [6, 6.07) is 5.35. The summed E-state index contributed by atoms with van der Waals surface area (Å²) in [5.74, 6) is -0.795. The van der Waals surface area contributed by atoms with E-state index in [1.165, 1.54) is 6.92 Å². The zero-order chi connectivity index (χ0) is 15.6. The highest BCUT2D eigenvalue weighted by Gasteiger charge is 2.52. The van der Waals surface area contributed by atoms with Gasteiger partial charge in [-0.15, -0.1) is 0 Å². The van der Waals surface area contributed by atoms with Gasteiger partial charge in [0.15, 0.2) is 5.78 Å². The number of fused-ring (bicyclic) bond motifs is 1. The molecule has 1 atom stereocenters. The van der Waals surface area contributed by atoms with Crippen molar-refractivity contribution in [1.29, 1.82) is 0 Å². The summed E-state index contributed by atoms with van der Waals surface area (Å²) in [5, 5.41) is 0. The Morgan fingerprint density at radius 1 is 1.38 bits per heavy atom. The van der Waals surface area contributed by atoms with Crippen molar-refractivity contribution in [2.75, 3.05) is 6.61 Å². The van der Waals surface area contributed by atoms with E-state index in [9.17, 15) is 14.4 Å². The minimum absolute atomic E-state index is 0.0383. The van der Waals surface area contributed by atoms with E-state index in [1.807, 2.05) is 6.07 Å². The largest absolute Gasteiger partial charge is 0.465 e. The fourth-order valence-corrected chi connectivity index (χ4v) is 3.13. The van der Waals surface area contributed by atoms with Crippen molar-refractivity contribution >= 4 is 33.5 Å². The van der Waals surface area contributed by atoms with Gasteiger partial charge in [0.2, 0.25) is 0 Å². The molecule has 0 spiro atoms. The molecule has 112 valence electrons. The molecule has 0 bridgehead atoms. The smallest absolute Gasteiger partial charge is 0.320 e. The molecule has 21 heavy (non-hydrogen) atoms. The highest BCUT2D eigenvalue weighted by Crippen LogP contribution is 2.42. The van der Waals surface area contributed by atoms with E-state index in [2.05, 4.69) is 15.9 Å². The van der Waals surface area contributed by atoms with Crippen LogP contribution in [0.3, 0.4) is 0 Å². The van der Waals surface area contributed by atoms with E-state index in [1.54, 1.807) is 19.1 Å². The Kier molecular flexibility index (Phi) is 4.61. The van der Waals surface area contributed by atoms with Crippen LogP contribution in [-0.4, -0.2) is 24.1 Å². The lowest BCUT2D eigenvalue weighted by molar-refractivity contribution is -0.152. The number of Topliss-reactive ketones (excluding diaryl/α,β-unsaturated/α-hetero) is 2. The monoisotopic (exact) mass is 352 g/mol. The fourth-order valence-electron chi connectivity index (χ4n) is 2.72. The van der Waals surface area contributed by atoms with Crippen LogP contribution in [-0.2, 0) is 20.7 Å². The molecule has 0 radical (unpaired) electrons. The molecule has 0 N–H and O–H groups in total. The molecule has 1 unspecified atom stereocenters. The maximum Gasteiger partial charge on any atom is 0.320 e. The predicted molar refractivity (Wildman–Crippen MR) is 81.2 cm³/mol. The van der Waals surface area contributed by atoms with Gasteiger partial charge in [0.05, 0.1) is 6.61 Å². The summed E-state index contributed by atoms with van der Waals surface area (Å²) in [5.41, 5.74) is 0.130. The first-order valence-electron chi connectivity index (χ1n) is 6.90. The van der Waals surface area contributed by atoms with Crippen molar-refractivity contribution in [3.8, 4) is 0 Å². The van der Waals surface area contributed by atoms with E-state index in [-0.39, 0.29) is 31.0 Å². The van der Waals surface area contributed by atoms with Gasteiger partial charge in [0.1, 0.15) is 11.2 Å². The number of ketones is 2. The molecule has 0 heterocycles. The van der Waals surface area contributed by atoms with E-state index >= 15 is 0 Å². The lowest BCUT2D eigenvalue weighted by atomic mass is 9.79. The third-order valence-electron chi connectivity index (χ3n) is 3.81. The quantitative estimate of drug-likeness (QED) is 0.603. The van der Waals surface area contributed by atoms with Gasteiger partial charge in [0, 0.05) is 16.5 Å². The van der Waals surface area contributed by atoms with Crippen LogP contribution in [0.1, 0.15) is 42.6 Å². The topological polar surface area (TPSA) is 60.4 Å². The summed E-state index contributed by atoms with van der Waals surface area (Å²) in [6.07, 6.45) is 0.693. The normalized spacial score (nSPS) is 20.2. The van der Waals surface area contributed by atoms with Gasteiger partial charge in [-0.25, -0.2) is 0 Å². The van der Waals surface area contributed by atoms with Crippen LogP contribution >= 0.6 is 15.9 Å². The van der Waals surface area contributed by atoms with Crippen molar-refractivity contribution in [2.24, 2.45) is 5.41 Å². The third-order valence-corrected chi connectivity index (χ3v) is 4.30. The highest BCUT2D eigenvalue weighted by atomic mass is 79.9. The summed E-state index contributed by atoms with van der Waals surface area (Å²) in [4.78, 5) is 36.4. The first kappa shape index (κ1) is 15.9. The molecule has 2 rings (SSSR count). The summed E-state index contributed by atoms with van der Waals surface area (Å²) in [7, 11) is 0. The van der Waals surface area contributed by atoms with Crippen molar-refractivity contribution < 1.29 is 19.1 Å². The molecule has 0 amide bonds. The molecule has 0 aromatic heterocycles. The van der Waals surface area contributed by atoms with Crippen LogP contribution in [0, 0.1) is 5.41 Å². The Morgan fingerprint density at radius 2 is 2.10 bits per heavy atom. The van der Waals surface area contributed by atoms with Gasteiger partial charge in [-0.1, -0.05) is 15.9 Å². The summed E-state index contributed by atoms with van der Waals surface area (Å²) >= 11 is 3.37. The lowest BCUT2D eigenvalue weighted by Crippen LogP contribution is -2.39. The van der Waals surface area contributed by atoms with E-state index in [4.69, 9.17) is 4.74 Å². The average molecular weight is 353 g/mol. The fraction of sp³-hybridized carbons (Fsp3) is 0.438. The molecule has 1 aliphatic carbocycles. The Balaban J connectivity index is 2.41. The van der Waals surface area contributed by atoms with Crippen LogP contribution in [0.15, 0.2) is 22.7 Å². The Bertz CT molecular complexity index is 608. The Labute approximate surface area is 132 Å². The summed E-state index contributed by atoms with van der Waals surface area (Å²) in [6.45, 7) is 3.38. The number of carbonyl (C=O) groups is 3. The van der Waals surface area contributed by atoms with E-state index in [0.717, 1.165) is 10.0 Å². The first-order valence-corrected chi connectivity index (χ1v) is 7.70. The van der Waals surface area contributed by atoms with E-state index in [0.29, 0.717) is 12.0 Å². The Morgan fingerprint density at radius 3 is 2.71 bits per heavy atom. The van der Waals surface area contributed by atoms with Crippen molar-refractivity contribution in [1.82, 2.24) is 0 Å². The number of halogens is 1. The molecule has 1 aromatic carbocycles. The second kappa shape index (κ2) is 6.10. The second-order valence-corrected chi connectivity index (χ2v) is 6.23. The van der Waals surface area contributed by atoms with Gasteiger partial charge in [-0.05, 0) is 50.5 Å². The van der Waals surface area contributed by atoms with Crippen LogP contribution in [0.2, 0.25) is 0 Å².